The van der Waals surface area contributed by atoms with Gasteiger partial charge in [-0.05, 0) is 44.8 Å². The number of nitrogens with zero attached hydrogens (tertiary/aromatic N) is 3. The molecule has 1 aromatic heterocycles. The first-order chi connectivity index (χ1) is 12.3. The van der Waals surface area contributed by atoms with Crippen LogP contribution in [-0.4, -0.2) is 60.1 Å². The first-order valence-electron chi connectivity index (χ1n) is 9.29. The summed E-state index contributed by atoms with van der Waals surface area (Å²) in [6.45, 7) is 7.57. The van der Waals surface area contributed by atoms with Crippen LogP contribution in [0.5, 0.6) is 0 Å². The fraction of sp³-hybridized carbons (Fsp3) is 0.765. The van der Waals surface area contributed by atoms with Gasteiger partial charge in [-0.25, -0.2) is 8.42 Å². The van der Waals surface area contributed by atoms with Crippen molar-refractivity contribution >= 4 is 27.4 Å². The van der Waals surface area contributed by atoms with Crippen molar-refractivity contribution in [1.82, 2.24) is 19.7 Å². The molecular formula is C17H28N4O3S2. The minimum atomic E-state index is -3.58. The van der Waals surface area contributed by atoms with E-state index in [2.05, 4.69) is 22.3 Å². The highest BCUT2D eigenvalue weighted by Gasteiger charge is 2.34. The van der Waals surface area contributed by atoms with Gasteiger partial charge in [-0.2, -0.15) is 4.31 Å². The quantitative estimate of drug-likeness (QED) is 0.778. The largest absolute Gasteiger partial charge is 0.360 e. The Balaban J connectivity index is 1.59. The molecule has 1 aliphatic heterocycles. The molecule has 0 spiro atoms. The van der Waals surface area contributed by atoms with Gasteiger partial charge in [-0.3, -0.25) is 0 Å². The van der Waals surface area contributed by atoms with Crippen LogP contribution in [0.4, 0.5) is 0 Å². The van der Waals surface area contributed by atoms with E-state index in [0.29, 0.717) is 49.6 Å². The molecule has 0 unspecified atom stereocenters. The summed E-state index contributed by atoms with van der Waals surface area (Å²) >= 11 is 5.58. The Morgan fingerprint density at radius 1 is 1.19 bits per heavy atom. The van der Waals surface area contributed by atoms with Crippen LogP contribution in [0.1, 0.15) is 44.1 Å². The average molecular weight is 401 g/mol. The second kappa shape index (κ2) is 7.82. The number of hydrogen-bond donors (Lipinski definition) is 1. The van der Waals surface area contributed by atoms with E-state index < -0.39 is 10.0 Å². The zero-order chi connectivity index (χ0) is 18.9. The second-order valence-electron chi connectivity index (χ2n) is 7.36. The number of piperazine rings is 1. The molecule has 0 aromatic carbocycles. The summed E-state index contributed by atoms with van der Waals surface area (Å²) in [7, 11) is -3.58. The lowest BCUT2D eigenvalue weighted by molar-refractivity contribution is 0.251. The minimum absolute atomic E-state index is 0.197. The molecule has 1 aliphatic carbocycles. The number of thiocarbonyl (C=S) groups is 1. The Kier molecular flexibility index (Phi) is 5.88. The summed E-state index contributed by atoms with van der Waals surface area (Å²) in [5, 5.41) is 8.02. The van der Waals surface area contributed by atoms with E-state index in [0.717, 1.165) is 11.5 Å². The van der Waals surface area contributed by atoms with E-state index >= 15 is 0 Å². The minimum Gasteiger partial charge on any atom is -0.360 e. The topological polar surface area (TPSA) is 78.7 Å². The van der Waals surface area contributed by atoms with Crippen LogP contribution in [0.2, 0.25) is 0 Å². The number of aryl methyl sites for hydroxylation is 2. The van der Waals surface area contributed by atoms with Crippen molar-refractivity contribution in [3.8, 4) is 0 Å². The van der Waals surface area contributed by atoms with Crippen LogP contribution in [0.15, 0.2) is 9.42 Å². The van der Waals surface area contributed by atoms with E-state index in [9.17, 15) is 8.42 Å². The zero-order valence-corrected chi connectivity index (χ0v) is 17.3. The SMILES string of the molecule is Cc1noc(C)c1S(=O)(=O)N1CCN(C(=S)N[C@@H]2CCCC[C@H]2C)CC1. The molecule has 1 saturated carbocycles. The highest BCUT2D eigenvalue weighted by atomic mass is 32.2. The molecule has 9 heteroatoms. The fourth-order valence-corrected chi connectivity index (χ4v) is 5.93. The summed E-state index contributed by atoms with van der Waals surface area (Å²) in [5.74, 6) is 0.969. The van der Waals surface area contributed by atoms with Crippen molar-refractivity contribution in [3.05, 3.63) is 11.5 Å². The summed E-state index contributed by atoms with van der Waals surface area (Å²) in [4.78, 5) is 2.28. The molecule has 2 aliphatic rings. The highest BCUT2D eigenvalue weighted by Crippen LogP contribution is 2.25. The third kappa shape index (κ3) is 3.89. The van der Waals surface area contributed by atoms with Crippen LogP contribution >= 0.6 is 12.2 Å². The van der Waals surface area contributed by atoms with Gasteiger partial charge in [0.2, 0.25) is 10.0 Å². The van der Waals surface area contributed by atoms with E-state index in [1.807, 2.05) is 0 Å². The van der Waals surface area contributed by atoms with Gasteiger partial charge < -0.3 is 14.7 Å². The van der Waals surface area contributed by atoms with Crippen molar-refractivity contribution in [2.45, 2.75) is 57.4 Å². The van der Waals surface area contributed by atoms with Gasteiger partial charge in [0.15, 0.2) is 10.9 Å². The summed E-state index contributed by atoms with van der Waals surface area (Å²) in [5.41, 5.74) is 0.411. The molecule has 0 radical (unpaired) electrons. The van der Waals surface area contributed by atoms with E-state index in [-0.39, 0.29) is 4.90 Å². The van der Waals surface area contributed by atoms with Crippen LogP contribution in [0.25, 0.3) is 0 Å². The summed E-state index contributed by atoms with van der Waals surface area (Å²) in [6.07, 6.45) is 4.93. The molecule has 0 amide bonds. The lowest BCUT2D eigenvalue weighted by atomic mass is 9.86. The molecule has 2 heterocycles. The number of sulfonamides is 1. The number of nitrogens with one attached hydrogen (secondary N) is 1. The Bertz CT molecular complexity index is 735. The molecule has 26 heavy (non-hydrogen) atoms. The van der Waals surface area contributed by atoms with Crippen LogP contribution in [0.3, 0.4) is 0 Å². The molecule has 2 atom stereocenters. The lowest BCUT2D eigenvalue weighted by Gasteiger charge is -2.38. The fourth-order valence-electron chi connectivity index (χ4n) is 3.88. The molecule has 7 nitrogen and oxygen atoms in total. The second-order valence-corrected chi connectivity index (χ2v) is 9.62. The first kappa shape index (κ1) is 19.6. The number of rotatable bonds is 3. The van der Waals surface area contributed by atoms with Crippen molar-refractivity contribution in [2.75, 3.05) is 26.2 Å². The maximum Gasteiger partial charge on any atom is 0.248 e. The van der Waals surface area contributed by atoms with Gasteiger partial charge >= 0.3 is 0 Å². The Labute approximate surface area is 161 Å². The summed E-state index contributed by atoms with van der Waals surface area (Å²) in [6, 6.07) is 0.431. The third-order valence-electron chi connectivity index (χ3n) is 5.51. The van der Waals surface area contributed by atoms with Gasteiger partial charge in [-0.1, -0.05) is 24.9 Å². The molecule has 3 rings (SSSR count). The average Bonchev–Trinajstić information content (AvgIpc) is 2.96. The third-order valence-corrected chi connectivity index (χ3v) is 8.03. The monoisotopic (exact) mass is 400 g/mol. The molecule has 1 saturated heterocycles. The molecular weight excluding hydrogens is 372 g/mol. The molecule has 0 bridgehead atoms. The van der Waals surface area contributed by atoms with Gasteiger partial charge in [0, 0.05) is 32.2 Å². The summed E-state index contributed by atoms with van der Waals surface area (Å²) < 4.78 is 32.3. The normalized spacial score (nSPS) is 25.3. The van der Waals surface area contributed by atoms with Crippen molar-refractivity contribution in [2.24, 2.45) is 5.92 Å². The standard InChI is InChI=1S/C17H28N4O3S2/c1-12-6-4-5-7-15(12)18-17(25)20-8-10-21(11-9-20)26(22,23)16-13(2)19-24-14(16)3/h12,15H,4-11H2,1-3H3,(H,18,25)/t12-,15-/m1/s1. The predicted molar refractivity (Wildman–Crippen MR) is 103 cm³/mol. The van der Waals surface area contributed by atoms with Crippen molar-refractivity contribution < 1.29 is 12.9 Å². The Morgan fingerprint density at radius 3 is 2.42 bits per heavy atom. The van der Waals surface area contributed by atoms with Crippen molar-refractivity contribution in [1.29, 1.82) is 0 Å². The zero-order valence-electron chi connectivity index (χ0n) is 15.7. The van der Waals surface area contributed by atoms with Crippen LogP contribution < -0.4 is 5.32 Å². The van der Waals surface area contributed by atoms with Crippen molar-refractivity contribution in [3.63, 3.8) is 0 Å². The molecule has 146 valence electrons. The van der Waals surface area contributed by atoms with E-state index in [4.69, 9.17) is 16.7 Å². The molecule has 1 N–H and O–H groups in total. The van der Waals surface area contributed by atoms with Crippen LogP contribution in [-0.2, 0) is 10.0 Å². The van der Waals surface area contributed by atoms with Gasteiger partial charge in [-0.15, -0.1) is 0 Å². The van der Waals surface area contributed by atoms with Gasteiger partial charge in [0.1, 0.15) is 10.6 Å². The van der Waals surface area contributed by atoms with E-state index in [1.54, 1.807) is 13.8 Å². The maximum atomic E-state index is 12.9. The number of aromatic nitrogens is 1. The molecule has 1 aromatic rings. The highest BCUT2D eigenvalue weighted by molar-refractivity contribution is 7.89. The van der Waals surface area contributed by atoms with Gasteiger partial charge in [0.05, 0.1) is 0 Å². The Morgan fingerprint density at radius 2 is 1.85 bits per heavy atom. The first-order valence-corrected chi connectivity index (χ1v) is 11.1. The smallest absolute Gasteiger partial charge is 0.248 e. The Hall–Kier alpha value is -1.19. The maximum absolute atomic E-state index is 12.9. The van der Waals surface area contributed by atoms with Crippen LogP contribution in [0, 0.1) is 19.8 Å². The molecule has 2 fully saturated rings. The van der Waals surface area contributed by atoms with E-state index in [1.165, 1.54) is 23.6 Å². The number of hydrogen-bond acceptors (Lipinski definition) is 5. The van der Waals surface area contributed by atoms with Gasteiger partial charge in [0.25, 0.3) is 0 Å². The predicted octanol–water partition coefficient (Wildman–Crippen LogP) is 2.05. The lowest BCUT2D eigenvalue weighted by Crippen LogP contribution is -2.55.